The predicted molar refractivity (Wildman–Crippen MR) is 115 cm³/mol. The summed E-state index contributed by atoms with van der Waals surface area (Å²) in [5.41, 5.74) is 1.16. The van der Waals surface area contributed by atoms with Crippen molar-refractivity contribution in [2.75, 3.05) is 14.9 Å². The number of rotatable bonds is 6. The number of hydrogen-bond donors (Lipinski definition) is 2. The summed E-state index contributed by atoms with van der Waals surface area (Å²) in [6.07, 6.45) is 1.87. The minimum absolute atomic E-state index is 0.0324. The van der Waals surface area contributed by atoms with E-state index in [1.54, 1.807) is 5.38 Å². The van der Waals surface area contributed by atoms with Gasteiger partial charge in [0.05, 0.1) is 10.6 Å². The first kappa shape index (κ1) is 20.7. The van der Waals surface area contributed by atoms with Gasteiger partial charge in [-0.1, -0.05) is 0 Å². The van der Waals surface area contributed by atoms with Gasteiger partial charge >= 0.3 is 0 Å². The highest BCUT2D eigenvalue weighted by Crippen LogP contribution is 2.23. The molecule has 2 aromatic carbocycles. The van der Waals surface area contributed by atoms with Crippen molar-refractivity contribution in [2.45, 2.75) is 17.7 Å². The van der Waals surface area contributed by atoms with E-state index in [2.05, 4.69) is 15.0 Å². The highest BCUT2D eigenvalue weighted by atomic mass is 32.2. The number of thiazole rings is 1. The van der Waals surface area contributed by atoms with E-state index >= 15 is 0 Å². The summed E-state index contributed by atoms with van der Waals surface area (Å²) < 4.78 is 27.1. The number of benzene rings is 2. The van der Waals surface area contributed by atoms with Gasteiger partial charge in [0.1, 0.15) is 0 Å². The highest BCUT2D eigenvalue weighted by Gasteiger charge is 2.30. The van der Waals surface area contributed by atoms with Crippen LogP contribution in [0, 0.1) is 0 Å². The maximum Gasteiger partial charge on any atom is 0.263 e. The van der Waals surface area contributed by atoms with Gasteiger partial charge in [-0.3, -0.25) is 24.0 Å². The molecule has 1 fully saturated rings. The minimum atomic E-state index is -3.78. The van der Waals surface area contributed by atoms with Gasteiger partial charge < -0.3 is 5.32 Å². The fourth-order valence-electron chi connectivity index (χ4n) is 2.99. The van der Waals surface area contributed by atoms with Gasteiger partial charge in [0, 0.05) is 35.7 Å². The normalized spacial score (nSPS) is 14.0. The Morgan fingerprint density at radius 3 is 2.19 bits per heavy atom. The third-order valence-electron chi connectivity index (χ3n) is 4.52. The van der Waals surface area contributed by atoms with E-state index in [-0.39, 0.29) is 34.7 Å². The Bertz CT molecular complexity index is 1220. The molecule has 4 rings (SSSR count). The summed E-state index contributed by atoms with van der Waals surface area (Å²) in [6.45, 7) is 0. The van der Waals surface area contributed by atoms with Crippen LogP contribution in [0.15, 0.2) is 65.0 Å². The summed E-state index contributed by atoms with van der Waals surface area (Å²) in [4.78, 5) is 41.1. The van der Waals surface area contributed by atoms with Crippen molar-refractivity contribution in [3.63, 3.8) is 0 Å². The standard InChI is InChI=1S/C20H16N4O5S2/c25-17-9-10-18(26)24(17)15-5-1-13(2-6-15)19(27)22-14-3-7-16(8-4-14)31(28,29)23-20-21-11-12-30-20/h1-8,11-12H,9-10H2,(H,21,23)(H,22,27). The molecular formula is C20H16N4O5S2. The third-order valence-corrected chi connectivity index (χ3v) is 6.69. The van der Waals surface area contributed by atoms with Crippen LogP contribution in [0.5, 0.6) is 0 Å². The van der Waals surface area contributed by atoms with Crippen LogP contribution in [0.4, 0.5) is 16.5 Å². The molecule has 0 aliphatic carbocycles. The van der Waals surface area contributed by atoms with Crippen LogP contribution in [-0.4, -0.2) is 31.1 Å². The van der Waals surface area contributed by atoms with Gasteiger partial charge in [-0.05, 0) is 48.5 Å². The molecule has 0 atom stereocenters. The molecule has 2 heterocycles. The summed E-state index contributed by atoms with van der Waals surface area (Å²) in [5.74, 6) is -0.940. The number of nitrogens with one attached hydrogen (secondary N) is 2. The van der Waals surface area contributed by atoms with Crippen molar-refractivity contribution in [3.05, 3.63) is 65.7 Å². The summed E-state index contributed by atoms with van der Waals surface area (Å²) in [5, 5.41) is 4.60. The zero-order valence-electron chi connectivity index (χ0n) is 15.9. The maximum absolute atomic E-state index is 12.5. The lowest BCUT2D eigenvalue weighted by Gasteiger charge is -2.14. The summed E-state index contributed by atoms with van der Waals surface area (Å²) in [6, 6.07) is 11.8. The van der Waals surface area contributed by atoms with Crippen LogP contribution in [0.3, 0.4) is 0 Å². The quantitative estimate of drug-likeness (QED) is 0.550. The summed E-state index contributed by atoms with van der Waals surface area (Å²) in [7, 11) is -3.78. The molecule has 0 saturated carbocycles. The second-order valence-electron chi connectivity index (χ2n) is 6.59. The molecule has 0 unspecified atom stereocenters. The molecular weight excluding hydrogens is 440 g/mol. The second-order valence-corrected chi connectivity index (χ2v) is 9.17. The molecule has 3 aromatic rings. The van der Waals surface area contributed by atoms with E-state index in [0.29, 0.717) is 16.9 Å². The largest absolute Gasteiger partial charge is 0.322 e. The van der Waals surface area contributed by atoms with Gasteiger partial charge in [0.2, 0.25) is 11.8 Å². The minimum Gasteiger partial charge on any atom is -0.322 e. The number of hydrogen-bond acceptors (Lipinski definition) is 7. The molecule has 0 bridgehead atoms. The van der Waals surface area contributed by atoms with E-state index in [1.165, 1.54) is 54.7 Å². The predicted octanol–water partition coefficient (Wildman–Crippen LogP) is 2.85. The van der Waals surface area contributed by atoms with Crippen LogP contribution >= 0.6 is 11.3 Å². The first-order valence-electron chi connectivity index (χ1n) is 9.13. The van der Waals surface area contributed by atoms with Crippen molar-refractivity contribution in [2.24, 2.45) is 0 Å². The van der Waals surface area contributed by atoms with Gasteiger partial charge in [-0.25, -0.2) is 13.4 Å². The highest BCUT2D eigenvalue weighted by molar-refractivity contribution is 7.93. The number of carbonyl (C=O) groups excluding carboxylic acids is 3. The Hall–Kier alpha value is -3.57. The lowest BCUT2D eigenvalue weighted by atomic mass is 10.1. The molecule has 1 aliphatic heterocycles. The van der Waals surface area contributed by atoms with Crippen LogP contribution in [0.2, 0.25) is 0 Å². The molecule has 9 nitrogen and oxygen atoms in total. The Kier molecular flexibility index (Phi) is 5.53. The smallest absolute Gasteiger partial charge is 0.263 e. The van der Waals surface area contributed by atoms with Gasteiger partial charge in [-0.2, -0.15) is 0 Å². The van der Waals surface area contributed by atoms with Crippen molar-refractivity contribution in [1.29, 1.82) is 0 Å². The average Bonchev–Trinajstić information content (AvgIpc) is 3.37. The fourth-order valence-corrected chi connectivity index (χ4v) is 4.78. The second kappa shape index (κ2) is 8.28. The molecule has 0 spiro atoms. The van der Waals surface area contributed by atoms with Crippen LogP contribution < -0.4 is 14.9 Å². The molecule has 2 N–H and O–H groups in total. The van der Waals surface area contributed by atoms with Crippen molar-refractivity contribution in [1.82, 2.24) is 4.98 Å². The Morgan fingerprint density at radius 2 is 1.61 bits per heavy atom. The first-order chi connectivity index (χ1) is 14.8. The molecule has 3 amide bonds. The molecule has 31 heavy (non-hydrogen) atoms. The number of nitrogens with zero attached hydrogens (tertiary/aromatic N) is 2. The van der Waals surface area contributed by atoms with Gasteiger partial charge in [-0.15, -0.1) is 11.3 Å². The molecule has 11 heteroatoms. The monoisotopic (exact) mass is 456 g/mol. The van der Waals surface area contributed by atoms with Gasteiger partial charge in [0.15, 0.2) is 5.13 Å². The van der Waals surface area contributed by atoms with Crippen LogP contribution in [0.25, 0.3) is 0 Å². The van der Waals surface area contributed by atoms with Crippen molar-refractivity contribution in [3.8, 4) is 0 Å². The van der Waals surface area contributed by atoms with Crippen LogP contribution in [0.1, 0.15) is 23.2 Å². The molecule has 1 aromatic heterocycles. The number of anilines is 3. The third kappa shape index (κ3) is 4.47. The average molecular weight is 457 g/mol. The van der Waals surface area contributed by atoms with Crippen molar-refractivity contribution < 1.29 is 22.8 Å². The van der Waals surface area contributed by atoms with Crippen molar-refractivity contribution >= 4 is 55.6 Å². The number of aromatic nitrogens is 1. The lowest BCUT2D eigenvalue weighted by Crippen LogP contribution is -2.28. The molecule has 1 saturated heterocycles. The molecule has 158 valence electrons. The number of amides is 3. The van der Waals surface area contributed by atoms with E-state index in [1.807, 2.05) is 0 Å². The van der Waals surface area contributed by atoms with E-state index in [4.69, 9.17) is 0 Å². The Labute approximate surface area is 181 Å². The molecule has 1 aliphatic rings. The Balaban J connectivity index is 1.43. The zero-order chi connectivity index (χ0) is 22.0. The fraction of sp³-hybridized carbons (Fsp3) is 0.100. The SMILES string of the molecule is O=C(Nc1ccc(S(=O)(=O)Nc2nccs2)cc1)c1ccc(N2C(=O)CCC2=O)cc1. The first-order valence-corrected chi connectivity index (χ1v) is 11.5. The van der Waals surface area contributed by atoms with Gasteiger partial charge in [0.25, 0.3) is 15.9 Å². The summed E-state index contributed by atoms with van der Waals surface area (Å²) >= 11 is 1.16. The number of carbonyl (C=O) groups is 3. The lowest BCUT2D eigenvalue weighted by molar-refractivity contribution is -0.121. The number of sulfonamides is 1. The van der Waals surface area contributed by atoms with E-state index < -0.39 is 15.9 Å². The topological polar surface area (TPSA) is 126 Å². The number of imide groups is 1. The van der Waals surface area contributed by atoms with Crippen LogP contribution in [-0.2, 0) is 19.6 Å². The van der Waals surface area contributed by atoms with E-state index in [0.717, 1.165) is 16.2 Å². The maximum atomic E-state index is 12.5. The van der Waals surface area contributed by atoms with E-state index in [9.17, 15) is 22.8 Å². The zero-order valence-corrected chi connectivity index (χ0v) is 17.6. The Morgan fingerprint density at radius 1 is 0.968 bits per heavy atom. The molecule has 0 radical (unpaired) electrons.